The van der Waals surface area contributed by atoms with E-state index >= 15 is 0 Å². The van der Waals surface area contributed by atoms with Crippen molar-refractivity contribution < 1.29 is 17.9 Å². The lowest BCUT2D eigenvalue weighted by Crippen LogP contribution is -2.27. The highest BCUT2D eigenvalue weighted by Crippen LogP contribution is 2.32. The van der Waals surface area contributed by atoms with Gasteiger partial charge in [0.25, 0.3) is 5.56 Å². The Kier molecular flexibility index (Phi) is 5.93. The number of hydrogen-bond acceptors (Lipinski definition) is 6. The second-order valence-corrected chi connectivity index (χ2v) is 9.07. The molecule has 0 radical (unpaired) electrons. The number of aryl methyl sites for hydroxylation is 2. The van der Waals surface area contributed by atoms with Crippen molar-refractivity contribution in [2.45, 2.75) is 37.2 Å². The third-order valence-corrected chi connectivity index (χ3v) is 7.24. The number of rotatable bonds is 7. The molecule has 3 heterocycles. The number of aromatic amines is 1. The Morgan fingerprint density at radius 3 is 2.73 bits per heavy atom. The first-order chi connectivity index (χ1) is 12.4. The Balaban J connectivity index is 1.75. The number of H-pyrrole nitrogens is 1. The predicted molar refractivity (Wildman–Crippen MR) is 100.0 cm³/mol. The maximum absolute atomic E-state index is 12.5. The molecule has 0 bridgehead atoms. The number of ether oxygens (including phenoxy) is 2. The van der Waals surface area contributed by atoms with Gasteiger partial charge in [-0.05, 0) is 31.5 Å². The van der Waals surface area contributed by atoms with Crippen LogP contribution in [0.1, 0.15) is 24.6 Å². The molecule has 0 atom stereocenters. The summed E-state index contributed by atoms with van der Waals surface area (Å²) in [6.45, 7) is 5.06. The van der Waals surface area contributed by atoms with Crippen LogP contribution in [0.4, 0.5) is 0 Å². The highest BCUT2D eigenvalue weighted by atomic mass is 32.2. The van der Waals surface area contributed by atoms with E-state index in [1.807, 2.05) is 19.9 Å². The van der Waals surface area contributed by atoms with Gasteiger partial charge in [0.2, 0.25) is 10.0 Å². The van der Waals surface area contributed by atoms with Crippen LogP contribution in [-0.4, -0.2) is 39.5 Å². The zero-order valence-electron chi connectivity index (χ0n) is 14.7. The molecule has 1 saturated heterocycles. The van der Waals surface area contributed by atoms with Crippen LogP contribution in [0.15, 0.2) is 27.2 Å². The fourth-order valence-electron chi connectivity index (χ4n) is 2.75. The third kappa shape index (κ3) is 4.24. The summed E-state index contributed by atoms with van der Waals surface area (Å²) in [5.41, 5.74) is 2.15. The van der Waals surface area contributed by atoms with Crippen molar-refractivity contribution in [2.75, 3.05) is 19.8 Å². The first kappa shape index (κ1) is 19.2. The van der Waals surface area contributed by atoms with Crippen LogP contribution in [0.2, 0.25) is 0 Å². The molecular weight excluding hydrogens is 376 g/mol. The Hall–Kier alpha value is -1.52. The zero-order valence-corrected chi connectivity index (χ0v) is 16.3. The van der Waals surface area contributed by atoms with Crippen molar-refractivity contribution in [3.63, 3.8) is 0 Å². The Morgan fingerprint density at radius 2 is 2.04 bits per heavy atom. The summed E-state index contributed by atoms with van der Waals surface area (Å²) in [6.07, 6.45) is 0.746. The minimum absolute atomic E-state index is 0.101. The Morgan fingerprint density at radius 1 is 1.31 bits per heavy atom. The minimum atomic E-state index is -3.59. The van der Waals surface area contributed by atoms with Gasteiger partial charge in [-0.3, -0.25) is 4.79 Å². The number of pyridine rings is 1. The van der Waals surface area contributed by atoms with Gasteiger partial charge >= 0.3 is 0 Å². The van der Waals surface area contributed by atoms with Gasteiger partial charge in [-0.1, -0.05) is 6.92 Å². The number of thiophene rings is 1. The molecule has 0 amide bonds. The molecule has 2 N–H and O–H groups in total. The smallest absolute Gasteiger partial charge is 0.251 e. The van der Waals surface area contributed by atoms with E-state index in [2.05, 4.69) is 9.71 Å². The molecule has 2 aromatic heterocycles. The molecule has 0 aliphatic carbocycles. The monoisotopic (exact) mass is 398 g/mol. The van der Waals surface area contributed by atoms with Crippen LogP contribution in [-0.2, 0) is 25.9 Å². The van der Waals surface area contributed by atoms with Crippen LogP contribution >= 0.6 is 11.3 Å². The van der Waals surface area contributed by atoms with Crippen LogP contribution in [0, 0.1) is 6.92 Å². The van der Waals surface area contributed by atoms with Crippen molar-refractivity contribution in [3.05, 3.63) is 39.8 Å². The molecule has 0 aromatic carbocycles. The molecule has 0 saturated carbocycles. The van der Waals surface area contributed by atoms with Gasteiger partial charge in [0.15, 0.2) is 6.29 Å². The maximum atomic E-state index is 12.5. The van der Waals surface area contributed by atoms with Crippen LogP contribution in [0.3, 0.4) is 0 Å². The topological polar surface area (TPSA) is 97.5 Å². The van der Waals surface area contributed by atoms with Gasteiger partial charge < -0.3 is 14.5 Å². The summed E-state index contributed by atoms with van der Waals surface area (Å²) in [7, 11) is -3.59. The first-order valence-corrected chi connectivity index (χ1v) is 10.8. The van der Waals surface area contributed by atoms with Crippen molar-refractivity contribution in [2.24, 2.45) is 0 Å². The molecule has 142 valence electrons. The fraction of sp³-hybridized carbons (Fsp3) is 0.471. The van der Waals surface area contributed by atoms with E-state index in [0.717, 1.165) is 16.1 Å². The lowest BCUT2D eigenvalue weighted by molar-refractivity contribution is -0.0451. The molecular formula is C17H22N2O5S2. The van der Waals surface area contributed by atoms with E-state index in [-0.39, 0.29) is 22.6 Å². The molecule has 1 fully saturated rings. The van der Waals surface area contributed by atoms with Gasteiger partial charge in [-0.2, -0.15) is 0 Å². The largest absolute Gasteiger partial charge is 0.350 e. The van der Waals surface area contributed by atoms with Gasteiger partial charge in [-0.25, -0.2) is 13.1 Å². The summed E-state index contributed by atoms with van der Waals surface area (Å²) in [4.78, 5) is 15.5. The van der Waals surface area contributed by atoms with Crippen LogP contribution in [0.5, 0.6) is 0 Å². The quantitative estimate of drug-likeness (QED) is 0.744. The van der Waals surface area contributed by atoms with Crippen molar-refractivity contribution in [1.29, 1.82) is 0 Å². The molecule has 9 heteroatoms. The molecule has 2 aromatic rings. The number of sulfonamides is 1. The zero-order chi connectivity index (χ0) is 18.7. The average molecular weight is 399 g/mol. The fourth-order valence-corrected chi connectivity index (χ4v) is 5.22. The van der Waals surface area contributed by atoms with E-state index in [1.165, 1.54) is 11.3 Å². The standard InChI is InChI=1S/C17H22N2O5S2/c1-3-12-10-13(11(2)19-17(12)20)14-4-5-16(25-14)26(21,22)18-7-6-15-23-8-9-24-15/h4-5,10,15,18H,3,6-9H2,1-2H3,(H,19,20). The van der Waals surface area contributed by atoms with Crippen molar-refractivity contribution in [1.82, 2.24) is 9.71 Å². The average Bonchev–Trinajstić information content (AvgIpc) is 3.26. The second kappa shape index (κ2) is 8.01. The molecule has 26 heavy (non-hydrogen) atoms. The van der Waals surface area contributed by atoms with Gasteiger partial charge in [0.1, 0.15) is 4.21 Å². The van der Waals surface area contributed by atoms with Gasteiger partial charge in [-0.15, -0.1) is 11.3 Å². The molecule has 1 aliphatic heterocycles. The molecule has 1 aliphatic rings. The number of hydrogen-bond donors (Lipinski definition) is 2. The Labute approximate surface area is 156 Å². The normalized spacial score (nSPS) is 15.6. The summed E-state index contributed by atoms with van der Waals surface area (Å²) in [6, 6.07) is 5.18. The van der Waals surface area contributed by atoms with E-state index in [4.69, 9.17) is 9.47 Å². The van der Waals surface area contributed by atoms with E-state index < -0.39 is 10.0 Å². The molecule has 0 unspecified atom stereocenters. The van der Waals surface area contributed by atoms with E-state index in [9.17, 15) is 13.2 Å². The lowest BCUT2D eigenvalue weighted by Gasteiger charge is -2.09. The molecule has 0 spiro atoms. The number of aromatic nitrogens is 1. The van der Waals surface area contributed by atoms with Crippen molar-refractivity contribution in [3.8, 4) is 10.4 Å². The molecule has 7 nitrogen and oxygen atoms in total. The summed E-state index contributed by atoms with van der Waals surface area (Å²) in [5.74, 6) is 0. The van der Waals surface area contributed by atoms with E-state index in [0.29, 0.717) is 31.6 Å². The Bertz CT molecular complexity index is 927. The van der Waals surface area contributed by atoms with Gasteiger partial charge in [0.05, 0.1) is 13.2 Å². The SMILES string of the molecule is CCc1cc(-c2ccc(S(=O)(=O)NCCC3OCCO3)s2)c(C)[nH]c1=O. The second-order valence-electron chi connectivity index (χ2n) is 5.99. The van der Waals surface area contributed by atoms with Gasteiger partial charge in [0, 0.05) is 34.7 Å². The third-order valence-electron chi connectivity index (χ3n) is 4.17. The summed E-state index contributed by atoms with van der Waals surface area (Å²) in [5, 5.41) is 0. The summed E-state index contributed by atoms with van der Waals surface area (Å²) >= 11 is 1.18. The van der Waals surface area contributed by atoms with Crippen LogP contribution in [0.25, 0.3) is 10.4 Å². The predicted octanol–water partition coefficient (Wildman–Crippen LogP) is 2.02. The summed E-state index contributed by atoms with van der Waals surface area (Å²) < 4.78 is 38.4. The maximum Gasteiger partial charge on any atom is 0.251 e. The van der Waals surface area contributed by atoms with E-state index in [1.54, 1.807) is 12.1 Å². The van der Waals surface area contributed by atoms with Crippen molar-refractivity contribution >= 4 is 21.4 Å². The molecule has 3 rings (SSSR count). The first-order valence-electron chi connectivity index (χ1n) is 8.46. The lowest BCUT2D eigenvalue weighted by atomic mass is 10.1. The minimum Gasteiger partial charge on any atom is -0.350 e. The number of nitrogens with one attached hydrogen (secondary N) is 2. The van der Waals surface area contributed by atoms with Crippen LogP contribution < -0.4 is 10.3 Å². The highest BCUT2D eigenvalue weighted by Gasteiger charge is 2.20. The highest BCUT2D eigenvalue weighted by molar-refractivity contribution is 7.91.